The number of hydrogen-bond donors (Lipinski definition) is 2. The fourth-order valence-electron chi connectivity index (χ4n) is 0.761. The van der Waals surface area contributed by atoms with Gasteiger partial charge in [-0.1, -0.05) is 11.6 Å². The van der Waals surface area contributed by atoms with Gasteiger partial charge in [-0.3, -0.25) is 0 Å². The van der Waals surface area contributed by atoms with Crippen LogP contribution in [-0.2, 0) is 10.0 Å². The molecular formula is C7H9BrClNO3S2. The summed E-state index contributed by atoms with van der Waals surface area (Å²) in [4.78, 5) is 0. The van der Waals surface area contributed by atoms with Crippen LogP contribution in [0.4, 0.5) is 0 Å². The molecule has 15 heavy (non-hydrogen) atoms. The SMILES string of the molecule is C[C@@H](O)CNS(=O)(=O)c1cc(Cl)c(Br)s1. The number of halogens is 2. The summed E-state index contributed by atoms with van der Waals surface area (Å²) in [6.07, 6.45) is -0.723. The first kappa shape index (κ1) is 13.4. The van der Waals surface area contributed by atoms with Gasteiger partial charge in [0, 0.05) is 6.54 Å². The summed E-state index contributed by atoms with van der Waals surface area (Å²) >= 11 is 9.88. The van der Waals surface area contributed by atoms with Gasteiger partial charge in [-0.2, -0.15) is 0 Å². The molecule has 1 atom stereocenters. The molecule has 1 heterocycles. The molecule has 1 rings (SSSR count). The third-order valence-electron chi connectivity index (χ3n) is 1.46. The fraction of sp³-hybridized carbons (Fsp3) is 0.429. The molecule has 1 aromatic rings. The Morgan fingerprint density at radius 1 is 1.73 bits per heavy atom. The number of aliphatic hydroxyl groups is 1. The molecule has 0 aliphatic heterocycles. The van der Waals surface area contributed by atoms with Crippen LogP contribution >= 0.6 is 38.9 Å². The maximum absolute atomic E-state index is 11.6. The first-order valence-corrected chi connectivity index (χ1v) is 7.42. The topological polar surface area (TPSA) is 66.4 Å². The van der Waals surface area contributed by atoms with Crippen molar-refractivity contribution < 1.29 is 13.5 Å². The van der Waals surface area contributed by atoms with Gasteiger partial charge in [0.2, 0.25) is 10.0 Å². The molecule has 0 saturated heterocycles. The van der Waals surface area contributed by atoms with Crippen molar-refractivity contribution >= 4 is 48.9 Å². The molecule has 4 nitrogen and oxygen atoms in total. The highest BCUT2D eigenvalue weighted by atomic mass is 79.9. The molecule has 0 unspecified atom stereocenters. The van der Waals surface area contributed by atoms with Crippen LogP contribution < -0.4 is 4.72 Å². The fourth-order valence-corrected chi connectivity index (χ4v) is 4.33. The van der Waals surface area contributed by atoms with E-state index >= 15 is 0 Å². The molecule has 86 valence electrons. The van der Waals surface area contributed by atoms with Crippen molar-refractivity contribution in [3.05, 3.63) is 14.9 Å². The van der Waals surface area contributed by atoms with Crippen molar-refractivity contribution in [3.63, 3.8) is 0 Å². The third kappa shape index (κ3) is 3.69. The highest BCUT2D eigenvalue weighted by Crippen LogP contribution is 2.34. The van der Waals surface area contributed by atoms with E-state index in [1.807, 2.05) is 0 Å². The van der Waals surface area contributed by atoms with Crippen molar-refractivity contribution in [3.8, 4) is 0 Å². The van der Waals surface area contributed by atoms with E-state index in [1.165, 1.54) is 13.0 Å². The van der Waals surface area contributed by atoms with Gasteiger partial charge in [0.25, 0.3) is 0 Å². The Kier molecular flexibility index (Phi) is 4.57. The Morgan fingerprint density at radius 2 is 2.33 bits per heavy atom. The lowest BCUT2D eigenvalue weighted by atomic mass is 10.4. The summed E-state index contributed by atoms with van der Waals surface area (Å²) in [6, 6.07) is 1.36. The minimum Gasteiger partial charge on any atom is -0.392 e. The zero-order chi connectivity index (χ0) is 11.6. The highest BCUT2D eigenvalue weighted by Gasteiger charge is 2.18. The molecule has 8 heteroatoms. The molecule has 1 aromatic heterocycles. The Bertz CT molecular complexity index is 424. The Hall–Kier alpha value is 0.340. The second-order valence-corrected chi connectivity index (χ2v) is 7.66. The van der Waals surface area contributed by atoms with Crippen molar-refractivity contribution in [1.29, 1.82) is 0 Å². The van der Waals surface area contributed by atoms with E-state index < -0.39 is 16.1 Å². The second-order valence-electron chi connectivity index (χ2n) is 2.89. The summed E-state index contributed by atoms with van der Waals surface area (Å²) in [7, 11) is -3.56. The lowest BCUT2D eigenvalue weighted by Crippen LogP contribution is -2.30. The van der Waals surface area contributed by atoms with E-state index in [-0.39, 0.29) is 10.8 Å². The molecule has 0 aliphatic rings. The normalized spacial score (nSPS) is 14.1. The zero-order valence-electron chi connectivity index (χ0n) is 7.70. The van der Waals surface area contributed by atoms with Crippen molar-refractivity contribution in [1.82, 2.24) is 4.72 Å². The zero-order valence-corrected chi connectivity index (χ0v) is 11.7. The van der Waals surface area contributed by atoms with E-state index in [2.05, 4.69) is 20.7 Å². The van der Waals surface area contributed by atoms with Crippen LogP contribution in [0.2, 0.25) is 5.02 Å². The average Bonchev–Trinajstić information content (AvgIpc) is 2.45. The average molecular weight is 335 g/mol. The lowest BCUT2D eigenvalue weighted by Gasteiger charge is -2.05. The first-order chi connectivity index (χ1) is 6.83. The van der Waals surface area contributed by atoms with Gasteiger partial charge in [-0.25, -0.2) is 13.1 Å². The Balaban J connectivity index is 2.87. The monoisotopic (exact) mass is 333 g/mol. The highest BCUT2D eigenvalue weighted by molar-refractivity contribution is 9.11. The van der Waals surface area contributed by atoms with Crippen LogP contribution in [0.1, 0.15) is 6.92 Å². The van der Waals surface area contributed by atoms with Crippen molar-refractivity contribution in [2.24, 2.45) is 0 Å². The standard InChI is InChI=1S/C7H9BrClNO3S2/c1-4(11)3-10-15(12,13)6-2-5(9)7(8)14-6/h2,4,10-11H,3H2,1H3/t4-/m1/s1. The molecule has 0 fully saturated rings. The van der Waals surface area contributed by atoms with Gasteiger partial charge in [0.1, 0.15) is 4.21 Å². The summed E-state index contributed by atoms with van der Waals surface area (Å²) in [5, 5.41) is 9.32. The molecule has 2 N–H and O–H groups in total. The lowest BCUT2D eigenvalue weighted by molar-refractivity contribution is 0.198. The van der Waals surface area contributed by atoms with E-state index in [1.54, 1.807) is 0 Å². The molecule has 0 aromatic carbocycles. The van der Waals surface area contributed by atoms with E-state index in [9.17, 15) is 8.42 Å². The van der Waals surface area contributed by atoms with E-state index in [4.69, 9.17) is 16.7 Å². The molecule has 0 aliphatic carbocycles. The third-order valence-corrected chi connectivity index (χ3v) is 5.83. The van der Waals surface area contributed by atoms with Crippen LogP contribution in [0.5, 0.6) is 0 Å². The van der Waals surface area contributed by atoms with Crippen LogP contribution in [0.25, 0.3) is 0 Å². The second kappa shape index (κ2) is 5.11. The molecule has 0 saturated carbocycles. The number of sulfonamides is 1. The number of nitrogens with one attached hydrogen (secondary N) is 1. The summed E-state index contributed by atoms with van der Waals surface area (Å²) in [5.41, 5.74) is 0. The molecular weight excluding hydrogens is 326 g/mol. The molecule has 0 amide bonds. The van der Waals surface area contributed by atoms with Gasteiger partial charge < -0.3 is 5.11 Å². The maximum Gasteiger partial charge on any atom is 0.250 e. The predicted molar refractivity (Wildman–Crippen MR) is 63.9 cm³/mol. The summed E-state index contributed by atoms with van der Waals surface area (Å²) < 4.78 is 26.2. The largest absolute Gasteiger partial charge is 0.392 e. The Labute approximate surface area is 105 Å². The molecule has 0 radical (unpaired) electrons. The van der Waals surface area contributed by atoms with E-state index in [0.29, 0.717) is 8.81 Å². The van der Waals surface area contributed by atoms with Crippen LogP contribution in [-0.4, -0.2) is 26.2 Å². The number of aliphatic hydroxyl groups excluding tert-OH is 1. The quantitative estimate of drug-likeness (QED) is 0.883. The van der Waals surface area contributed by atoms with E-state index in [0.717, 1.165) is 11.3 Å². The minimum atomic E-state index is -3.56. The molecule has 0 bridgehead atoms. The van der Waals surface area contributed by atoms with Gasteiger partial charge in [-0.15, -0.1) is 11.3 Å². The van der Waals surface area contributed by atoms with Gasteiger partial charge in [-0.05, 0) is 28.9 Å². The Morgan fingerprint density at radius 3 is 2.73 bits per heavy atom. The summed E-state index contributed by atoms with van der Waals surface area (Å²) in [6.45, 7) is 1.48. The minimum absolute atomic E-state index is 0.0184. The van der Waals surface area contributed by atoms with Crippen molar-refractivity contribution in [2.75, 3.05) is 6.54 Å². The number of hydrogen-bond acceptors (Lipinski definition) is 4. The predicted octanol–water partition coefficient (Wildman–Crippen LogP) is 1.82. The van der Waals surface area contributed by atoms with Gasteiger partial charge in [0.15, 0.2) is 0 Å². The number of rotatable bonds is 4. The van der Waals surface area contributed by atoms with Gasteiger partial charge in [0.05, 0.1) is 14.9 Å². The number of thiophene rings is 1. The first-order valence-electron chi connectivity index (χ1n) is 3.95. The van der Waals surface area contributed by atoms with Crippen LogP contribution in [0, 0.1) is 0 Å². The summed E-state index contributed by atoms with van der Waals surface area (Å²) in [5.74, 6) is 0. The van der Waals surface area contributed by atoms with Crippen LogP contribution in [0.3, 0.4) is 0 Å². The smallest absolute Gasteiger partial charge is 0.250 e. The molecule has 0 spiro atoms. The van der Waals surface area contributed by atoms with Gasteiger partial charge >= 0.3 is 0 Å². The maximum atomic E-state index is 11.6. The van der Waals surface area contributed by atoms with Crippen molar-refractivity contribution in [2.45, 2.75) is 17.2 Å². The van der Waals surface area contributed by atoms with Crippen LogP contribution in [0.15, 0.2) is 14.1 Å².